The van der Waals surface area contributed by atoms with Gasteiger partial charge in [0.1, 0.15) is 5.69 Å². The summed E-state index contributed by atoms with van der Waals surface area (Å²) in [4.78, 5) is 21.3. The predicted octanol–water partition coefficient (Wildman–Crippen LogP) is 6.53. The maximum absolute atomic E-state index is 12.0. The molecule has 0 aliphatic rings. The van der Waals surface area contributed by atoms with Gasteiger partial charge >= 0.3 is 6.18 Å². The molecule has 0 aliphatic heterocycles. The SMILES string of the molecule is CC.Cc1ncc(CNC(=O)c2nccc(C)c2C)s1.FC(F)(F)c1ccccc1.N.[HH]. The number of carbonyl (C=O) groups excluding carboxylic acids is 1. The predicted molar refractivity (Wildman–Crippen MR) is 122 cm³/mol. The van der Waals surface area contributed by atoms with Crippen LogP contribution in [0.4, 0.5) is 13.2 Å². The Morgan fingerprint density at radius 3 is 2.16 bits per heavy atom. The van der Waals surface area contributed by atoms with E-state index < -0.39 is 11.7 Å². The van der Waals surface area contributed by atoms with Crippen LogP contribution in [0.5, 0.6) is 0 Å². The number of carbonyl (C=O) groups is 1. The molecule has 0 fully saturated rings. The van der Waals surface area contributed by atoms with Crippen molar-refractivity contribution in [1.82, 2.24) is 21.4 Å². The summed E-state index contributed by atoms with van der Waals surface area (Å²) >= 11 is 1.59. The molecular weight excluding hydrogens is 425 g/mol. The summed E-state index contributed by atoms with van der Waals surface area (Å²) in [5, 5.41) is 3.87. The number of amides is 1. The van der Waals surface area contributed by atoms with Crippen LogP contribution in [-0.2, 0) is 12.7 Å². The molecule has 5 nitrogen and oxygen atoms in total. The number of benzene rings is 1. The van der Waals surface area contributed by atoms with Crippen LogP contribution >= 0.6 is 11.3 Å². The fraction of sp³-hybridized carbons (Fsp3) is 0.318. The van der Waals surface area contributed by atoms with Crippen molar-refractivity contribution in [3.05, 3.63) is 81.1 Å². The van der Waals surface area contributed by atoms with Gasteiger partial charge in [-0.25, -0.2) is 4.98 Å². The summed E-state index contributed by atoms with van der Waals surface area (Å²) in [5.74, 6) is -0.137. The fourth-order valence-electron chi connectivity index (χ4n) is 2.23. The van der Waals surface area contributed by atoms with E-state index in [0.29, 0.717) is 12.2 Å². The van der Waals surface area contributed by atoms with Crippen LogP contribution in [0.15, 0.2) is 48.8 Å². The van der Waals surface area contributed by atoms with Crippen molar-refractivity contribution in [2.24, 2.45) is 0 Å². The van der Waals surface area contributed by atoms with E-state index in [9.17, 15) is 18.0 Å². The lowest BCUT2D eigenvalue weighted by atomic mass is 10.1. The van der Waals surface area contributed by atoms with E-state index in [2.05, 4.69) is 15.3 Å². The summed E-state index contributed by atoms with van der Waals surface area (Å²) < 4.78 is 35.4. The molecule has 0 bridgehead atoms. The molecule has 0 spiro atoms. The highest BCUT2D eigenvalue weighted by atomic mass is 32.1. The van der Waals surface area contributed by atoms with Crippen LogP contribution in [0.3, 0.4) is 0 Å². The highest BCUT2D eigenvalue weighted by Gasteiger charge is 2.29. The second kappa shape index (κ2) is 13.5. The van der Waals surface area contributed by atoms with E-state index in [4.69, 9.17) is 0 Å². The summed E-state index contributed by atoms with van der Waals surface area (Å²) in [6.07, 6.45) is -0.758. The first kappa shape index (κ1) is 28.2. The minimum absolute atomic E-state index is 0. The zero-order valence-corrected chi connectivity index (χ0v) is 19.2. The third-order valence-corrected chi connectivity index (χ3v) is 4.80. The van der Waals surface area contributed by atoms with Crippen molar-refractivity contribution in [2.75, 3.05) is 0 Å². The lowest BCUT2D eigenvalue weighted by Crippen LogP contribution is -2.24. The molecule has 3 aromatic rings. The molecule has 0 atom stereocenters. The van der Waals surface area contributed by atoms with Gasteiger partial charge in [0.15, 0.2) is 0 Å². The zero-order chi connectivity index (χ0) is 22.7. The maximum Gasteiger partial charge on any atom is 0.416 e. The van der Waals surface area contributed by atoms with Gasteiger partial charge in [-0.3, -0.25) is 9.78 Å². The molecule has 0 saturated heterocycles. The van der Waals surface area contributed by atoms with Gasteiger partial charge in [-0.15, -0.1) is 11.3 Å². The van der Waals surface area contributed by atoms with Crippen LogP contribution in [0.25, 0.3) is 0 Å². The number of thiazole rings is 1. The standard InChI is InChI=1S/C13H15N3OS.C7H5F3.C2H6.H3N.H2/c1-8-4-5-14-12(9(8)2)13(17)16-7-11-6-15-10(3)18-11;8-7(9,10)6-4-2-1-3-5-6;1-2;;/h4-6H,7H2,1-3H3,(H,16,17);1-5H;1-2H3;1H3;1H. The molecule has 1 aromatic carbocycles. The Kier molecular flexibility index (Phi) is 12.3. The van der Waals surface area contributed by atoms with Crippen molar-refractivity contribution in [1.29, 1.82) is 0 Å². The zero-order valence-electron chi connectivity index (χ0n) is 18.4. The summed E-state index contributed by atoms with van der Waals surface area (Å²) in [6.45, 7) is 10.3. The molecule has 1 amide bonds. The molecule has 172 valence electrons. The van der Waals surface area contributed by atoms with E-state index in [-0.39, 0.29) is 13.5 Å². The summed E-state index contributed by atoms with van der Waals surface area (Å²) in [7, 11) is 0. The van der Waals surface area contributed by atoms with E-state index in [1.165, 1.54) is 12.1 Å². The topological polar surface area (TPSA) is 89.9 Å². The first-order valence-corrected chi connectivity index (χ1v) is 10.2. The number of aromatic nitrogens is 2. The first-order chi connectivity index (χ1) is 14.2. The first-order valence-electron chi connectivity index (χ1n) is 9.42. The van der Waals surface area contributed by atoms with Crippen molar-refractivity contribution < 1.29 is 19.4 Å². The van der Waals surface area contributed by atoms with Gasteiger partial charge in [0.05, 0.1) is 17.1 Å². The minimum Gasteiger partial charge on any atom is -0.346 e. The van der Waals surface area contributed by atoms with E-state index >= 15 is 0 Å². The molecule has 9 heteroatoms. The lowest BCUT2D eigenvalue weighted by molar-refractivity contribution is -0.137. The Hall–Kier alpha value is -2.78. The quantitative estimate of drug-likeness (QED) is 0.469. The number of hydrogen-bond donors (Lipinski definition) is 2. The third-order valence-electron chi connectivity index (χ3n) is 3.88. The number of aryl methyl sites for hydroxylation is 2. The number of rotatable bonds is 3. The number of alkyl halides is 3. The smallest absolute Gasteiger partial charge is 0.346 e. The molecule has 31 heavy (non-hydrogen) atoms. The molecule has 0 radical (unpaired) electrons. The average molecular weight is 457 g/mol. The monoisotopic (exact) mass is 456 g/mol. The molecule has 2 aromatic heterocycles. The van der Waals surface area contributed by atoms with Gasteiger partial charge in [-0.2, -0.15) is 13.2 Å². The van der Waals surface area contributed by atoms with Gasteiger partial charge in [0.25, 0.3) is 5.91 Å². The van der Waals surface area contributed by atoms with E-state index in [1.54, 1.807) is 29.8 Å². The van der Waals surface area contributed by atoms with Gasteiger partial charge in [0.2, 0.25) is 0 Å². The number of halogens is 3. The Morgan fingerprint density at radius 1 is 1.06 bits per heavy atom. The number of pyridine rings is 1. The average Bonchev–Trinajstić information content (AvgIpc) is 3.15. The number of hydrogen-bond acceptors (Lipinski definition) is 5. The van der Waals surface area contributed by atoms with Gasteiger partial charge < -0.3 is 11.5 Å². The Bertz CT molecular complexity index is 934. The molecule has 0 unspecified atom stereocenters. The van der Waals surface area contributed by atoms with E-state index in [1.807, 2.05) is 40.7 Å². The normalized spacial score (nSPS) is 9.94. The van der Waals surface area contributed by atoms with Gasteiger partial charge in [-0.05, 0) is 38.0 Å². The van der Waals surface area contributed by atoms with Crippen molar-refractivity contribution >= 4 is 17.2 Å². The van der Waals surface area contributed by atoms with Crippen molar-refractivity contribution in [3.63, 3.8) is 0 Å². The lowest BCUT2D eigenvalue weighted by Gasteiger charge is -2.07. The van der Waals surface area contributed by atoms with Crippen molar-refractivity contribution in [2.45, 2.75) is 47.3 Å². The van der Waals surface area contributed by atoms with Gasteiger partial charge in [0, 0.05) is 18.7 Å². The number of nitrogens with one attached hydrogen (secondary N) is 1. The molecule has 3 rings (SSSR count). The Morgan fingerprint density at radius 2 is 1.68 bits per heavy atom. The highest BCUT2D eigenvalue weighted by molar-refractivity contribution is 7.11. The second-order valence-electron chi connectivity index (χ2n) is 5.99. The molecule has 0 saturated carbocycles. The fourth-order valence-corrected chi connectivity index (χ4v) is 2.96. The van der Waals surface area contributed by atoms with Crippen LogP contribution in [0, 0.1) is 20.8 Å². The van der Waals surface area contributed by atoms with Crippen LogP contribution in [-0.4, -0.2) is 15.9 Å². The van der Waals surface area contributed by atoms with E-state index in [0.717, 1.165) is 33.1 Å². The Balaban J connectivity index is 0. The van der Waals surface area contributed by atoms with Gasteiger partial charge in [-0.1, -0.05) is 44.2 Å². The molecule has 0 aliphatic carbocycles. The maximum atomic E-state index is 12.0. The molecule has 2 heterocycles. The highest BCUT2D eigenvalue weighted by Crippen LogP contribution is 2.28. The van der Waals surface area contributed by atoms with Crippen LogP contribution < -0.4 is 11.5 Å². The molecular formula is C22H31F3N4OS. The van der Waals surface area contributed by atoms with Crippen LogP contribution in [0.2, 0.25) is 0 Å². The molecule has 4 N–H and O–H groups in total. The van der Waals surface area contributed by atoms with Crippen molar-refractivity contribution in [3.8, 4) is 0 Å². The third kappa shape index (κ3) is 9.27. The second-order valence-corrected chi connectivity index (χ2v) is 7.31. The summed E-state index contributed by atoms with van der Waals surface area (Å²) in [5.41, 5.74) is 1.89. The summed E-state index contributed by atoms with van der Waals surface area (Å²) in [6, 6.07) is 8.26. The minimum atomic E-state index is -4.21. The Labute approximate surface area is 186 Å². The van der Waals surface area contributed by atoms with Crippen LogP contribution in [0.1, 0.15) is 52.3 Å². The number of nitrogens with zero attached hydrogens (tertiary/aromatic N) is 2. The largest absolute Gasteiger partial charge is 0.416 e.